The highest BCUT2D eigenvalue weighted by Gasteiger charge is 2.23. The fraction of sp³-hybridized carbons (Fsp3) is 0.600. The number of aliphatic hydroxyl groups excluding tert-OH is 1. The second kappa shape index (κ2) is 5.77. The van der Waals surface area contributed by atoms with E-state index in [0.29, 0.717) is 22.2 Å². The molecule has 0 bridgehead atoms. The Hall–Kier alpha value is -0.430. The Labute approximate surface area is 101 Å². The Balaban J connectivity index is 2.99. The maximum Gasteiger partial charge on any atom is 0.252 e. The minimum absolute atomic E-state index is 0.111. The largest absolute Gasteiger partial charge is 0.391 e. The van der Waals surface area contributed by atoms with Gasteiger partial charge in [0.05, 0.1) is 6.61 Å². The topological polar surface area (TPSA) is 57.6 Å². The molecule has 6 heteroatoms. The zero-order valence-corrected chi connectivity index (χ0v) is 11.1. The number of hydrogen-bond acceptors (Lipinski definition) is 4. The summed E-state index contributed by atoms with van der Waals surface area (Å²) in [5.74, 6) is 0. The lowest BCUT2D eigenvalue weighted by molar-refractivity contribution is 0.285. The molecule has 16 heavy (non-hydrogen) atoms. The van der Waals surface area contributed by atoms with E-state index in [0.717, 1.165) is 17.8 Å². The van der Waals surface area contributed by atoms with Gasteiger partial charge in [0.2, 0.25) is 0 Å². The van der Waals surface area contributed by atoms with Crippen molar-refractivity contribution in [1.29, 1.82) is 0 Å². The van der Waals surface area contributed by atoms with Gasteiger partial charge < -0.3 is 5.11 Å². The summed E-state index contributed by atoms with van der Waals surface area (Å²) < 4.78 is 26.0. The standard InChI is InChI=1S/C10H17NO3S2/c1-3-7-11(4-2)16(13,14)10-6-5-9(8-12)15-10/h5-6,12H,3-4,7-8H2,1-2H3. The van der Waals surface area contributed by atoms with Crippen molar-refractivity contribution in [2.24, 2.45) is 0 Å². The van der Waals surface area contributed by atoms with Crippen molar-refractivity contribution in [2.75, 3.05) is 13.1 Å². The molecule has 1 N–H and O–H groups in total. The number of rotatable bonds is 6. The summed E-state index contributed by atoms with van der Waals surface area (Å²) in [7, 11) is -3.36. The molecule has 0 spiro atoms. The van der Waals surface area contributed by atoms with Crippen molar-refractivity contribution >= 4 is 21.4 Å². The summed E-state index contributed by atoms with van der Waals surface area (Å²) in [4.78, 5) is 0.672. The predicted octanol–water partition coefficient (Wildman–Crippen LogP) is 1.66. The molecule has 1 aromatic rings. The second-order valence-corrected chi connectivity index (χ2v) is 6.71. The van der Waals surface area contributed by atoms with Crippen LogP contribution < -0.4 is 0 Å². The quantitative estimate of drug-likeness (QED) is 0.849. The number of aliphatic hydroxyl groups is 1. The Morgan fingerprint density at radius 3 is 2.50 bits per heavy atom. The first-order valence-electron chi connectivity index (χ1n) is 5.26. The highest BCUT2D eigenvalue weighted by atomic mass is 32.2. The van der Waals surface area contributed by atoms with Crippen LogP contribution in [0.4, 0.5) is 0 Å². The zero-order valence-electron chi connectivity index (χ0n) is 9.51. The summed E-state index contributed by atoms with van der Waals surface area (Å²) in [6, 6.07) is 3.21. The molecule has 0 unspecified atom stereocenters. The van der Waals surface area contributed by atoms with Gasteiger partial charge in [-0.05, 0) is 18.6 Å². The minimum atomic E-state index is -3.36. The van der Waals surface area contributed by atoms with Crippen molar-refractivity contribution in [3.63, 3.8) is 0 Å². The smallest absolute Gasteiger partial charge is 0.252 e. The van der Waals surface area contributed by atoms with Crippen LogP contribution in [0.3, 0.4) is 0 Å². The molecule has 0 amide bonds. The van der Waals surface area contributed by atoms with Crippen LogP contribution in [0.15, 0.2) is 16.3 Å². The van der Waals surface area contributed by atoms with Crippen LogP contribution in [0.25, 0.3) is 0 Å². The SMILES string of the molecule is CCCN(CC)S(=O)(=O)c1ccc(CO)s1. The van der Waals surface area contributed by atoms with E-state index >= 15 is 0 Å². The Morgan fingerprint density at radius 2 is 2.06 bits per heavy atom. The van der Waals surface area contributed by atoms with Crippen molar-refractivity contribution in [3.8, 4) is 0 Å². The fourth-order valence-corrected chi connectivity index (χ4v) is 4.32. The maximum atomic E-state index is 12.1. The lowest BCUT2D eigenvalue weighted by Crippen LogP contribution is -2.31. The lowest BCUT2D eigenvalue weighted by atomic mass is 10.5. The van der Waals surface area contributed by atoms with E-state index in [4.69, 9.17) is 5.11 Å². The summed E-state index contributed by atoms with van der Waals surface area (Å²) in [5, 5.41) is 8.92. The Bertz CT molecular complexity index is 425. The van der Waals surface area contributed by atoms with Gasteiger partial charge >= 0.3 is 0 Å². The average Bonchev–Trinajstić information content (AvgIpc) is 2.74. The van der Waals surface area contributed by atoms with Crippen LogP contribution in [0.5, 0.6) is 0 Å². The van der Waals surface area contributed by atoms with Gasteiger partial charge in [-0.25, -0.2) is 8.42 Å². The Kier molecular flexibility index (Phi) is 4.91. The molecule has 1 aromatic heterocycles. The molecule has 0 saturated carbocycles. The van der Waals surface area contributed by atoms with E-state index in [1.807, 2.05) is 13.8 Å². The molecule has 0 saturated heterocycles. The molecular formula is C10H17NO3S2. The third-order valence-corrected chi connectivity index (χ3v) is 5.72. The fourth-order valence-electron chi connectivity index (χ4n) is 1.41. The first kappa shape index (κ1) is 13.6. The molecule has 92 valence electrons. The van der Waals surface area contributed by atoms with Crippen molar-refractivity contribution in [1.82, 2.24) is 4.31 Å². The van der Waals surface area contributed by atoms with Crippen LogP contribution in [0.1, 0.15) is 25.1 Å². The first-order valence-corrected chi connectivity index (χ1v) is 7.51. The molecule has 1 rings (SSSR count). The molecule has 4 nitrogen and oxygen atoms in total. The van der Waals surface area contributed by atoms with Crippen LogP contribution in [0.2, 0.25) is 0 Å². The van der Waals surface area contributed by atoms with E-state index in [9.17, 15) is 8.42 Å². The summed E-state index contributed by atoms with van der Waals surface area (Å²) in [6.45, 7) is 4.67. The normalized spacial score (nSPS) is 12.2. The molecule has 0 atom stereocenters. The van der Waals surface area contributed by atoms with Crippen molar-refractivity contribution in [3.05, 3.63) is 17.0 Å². The molecule has 0 aliphatic heterocycles. The molecule has 0 aromatic carbocycles. The summed E-state index contributed by atoms with van der Waals surface area (Å²) in [5.41, 5.74) is 0. The molecule has 0 aliphatic carbocycles. The van der Waals surface area contributed by atoms with Crippen LogP contribution in [0, 0.1) is 0 Å². The highest BCUT2D eigenvalue weighted by molar-refractivity contribution is 7.91. The van der Waals surface area contributed by atoms with Gasteiger partial charge in [0, 0.05) is 18.0 Å². The van der Waals surface area contributed by atoms with E-state index in [1.54, 1.807) is 12.1 Å². The van der Waals surface area contributed by atoms with Gasteiger partial charge in [0.1, 0.15) is 4.21 Å². The minimum Gasteiger partial charge on any atom is -0.391 e. The van der Waals surface area contributed by atoms with Crippen LogP contribution in [-0.4, -0.2) is 30.9 Å². The Morgan fingerprint density at radius 1 is 1.38 bits per heavy atom. The summed E-state index contributed by atoms with van der Waals surface area (Å²) in [6.07, 6.45) is 0.797. The third-order valence-electron chi connectivity index (χ3n) is 2.21. The molecule has 0 aliphatic rings. The van der Waals surface area contributed by atoms with Gasteiger partial charge in [0.25, 0.3) is 10.0 Å². The van der Waals surface area contributed by atoms with Crippen LogP contribution >= 0.6 is 11.3 Å². The third kappa shape index (κ3) is 2.82. The van der Waals surface area contributed by atoms with Crippen LogP contribution in [-0.2, 0) is 16.6 Å². The maximum absolute atomic E-state index is 12.1. The molecule has 1 heterocycles. The molecule has 0 radical (unpaired) electrons. The van der Waals surface area contributed by atoms with E-state index in [-0.39, 0.29) is 6.61 Å². The monoisotopic (exact) mass is 263 g/mol. The second-order valence-electron chi connectivity index (χ2n) is 3.38. The molecular weight excluding hydrogens is 246 g/mol. The predicted molar refractivity (Wildman–Crippen MR) is 65.0 cm³/mol. The van der Waals surface area contributed by atoms with E-state index in [2.05, 4.69) is 0 Å². The molecule has 0 fully saturated rings. The van der Waals surface area contributed by atoms with Crippen molar-refractivity contribution in [2.45, 2.75) is 31.1 Å². The zero-order chi connectivity index (χ0) is 12.2. The van der Waals surface area contributed by atoms with E-state index < -0.39 is 10.0 Å². The van der Waals surface area contributed by atoms with Gasteiger partial charge in [-0.1, -0.05) is 13.8 Å². The van der Waals surface area contributed by atoms with Gasteiger partial charge in [-0.3, -0.25) is 0 Å². The lowest BCUT2D eigenvalue weighted by Gasteiger charge is -2.18. The first-order chi connectivity index (χ1) is 7.56. The highest BCUT2D eigenvalue weighted by Crippen LogP contribution is 2.24. The van der Waals surface area contributed by atoms with Gasteiger partial charge in [0.15, 0.2) is 0 Å². The van der Waals surface area contributed by atoms with Gasteiger partial charge in [-0.2, -0.15) is 4.31 Å². The van der Waals surface area contributed by atoms with Gasteiger partial charge in [-0.15, -0.1) is 11.3 Å². The average molecular weight is 263 g/mol. The summed E-state index contributed by atoms with van der Waals surface area (Å²) >= 11 is 1.13. The number of nitrogens with zero attached hydrogens (tertiary/aromatic N) is 1. The van der Waals surface area contributed by atoms with E-state index in [1.165, 1.54) is 4.31 Å². The van der Waals surface area contributed by atoms with Crippen molar-refractivity contribution < 1.29 is 13.5 Å². The number of hydrogen-bond donors (Lipinski definition) is 1. The number of sulfonamides is 1. The number of thiophene rings is 1.